The number of ether oxygens (including phenoxy) is 2. The summed E-state index contributed by atoms with van der Waals surface area (Å²) in [5.74, 6) is 1.41. The molecule has 1 heterocycles. The predicted octanol–water partition coefficient (Wildman–Crippen LogP) is 1.18. The SMILES string of the molecule is CCCNC(=NC)NCc1ccc(OCCOC)nc1. The Morgan fingerprint density at radius 1 is 1.30 bits per heavy atom. The fourth-order valence-electron chi connectivity index (χ4n) is 1.48. The molecular formula is C14H24N4O2. The van der Waals surface area contributed by atoms with Gasteiger partial charge in [0.15, 0.2) is 5.96 Å². The summed E-state index contributed by atoms with van der Waals surface area (Å²) in [6, 6.07) is 3.84. The Hall–Kier alpha value is -1.82. The number of nitrogens with zero attached hydrogens (tertiary/aromatic N) is 2. The van der Waals surface area contributed by atoms with Gasteiger partial charge in [0.2, 0.25) is 5.88 Å². The molecule has 0 bridgehead atoms. The van der Waals surface area contributed by atoms with Crippen LogP contribution in [0.5, 0.6) is 5.88 Å². The normalized spacial score (nSPS) is 11.2. The maximum atomic E-state index is 5.41. The molecule has 0 amide bonds. The molecule has 20 heavy (non-hydrogen) atoms. The molecule has 0 aliphatic carbocycles. The third-order valence-corrected chi connectivity index (χ3v) is 2.56. The number of rotatable bonds is 8. The summed E-state index contributed by atoms with van der Waals surface area (Å²) in [6.45, 7) is 4.77. The van der Waals surface area contributed by atoms with Crippen LogP contribution in [-0.4, -0.2) is 44.9 Å². The first kappa shape index (κ1) is 16.2. The molecule has 0 aromatic carbocycles. The number of nitrogens with one attached hydrogen (secondary N) is 2. The molecule has 2 N–H and O–H groups in total. The van der Waals surface area contributed by atoms with E-state index < -0.39 is 0 Å². The van der Waals surface area contributed by atoms with E-state index in [1.807, 2.05) is 12.1 Å². The first-order chi connectivity index (χ1) is 9.80. The fourth-order valence-corrected chi connectivity index (χ4v) is 1.48. The van der Waals surface area contributed by atoms with Crippen LogP contribution in [0.3, 0.4) is 0 Å². The van der Waals surface area contributed by atoms with E-state index in [0.29, 0.717) is 25.6 Å². The van der Waals surface area contributed by atoms with Gasteiger partial charge in [0, 0.05) is 39.5 Å². The van der Waals surface area contributed by atoms with Gasteiger partial charge >= 0.3 is 0 Å². The third-order valence-electron chi connectivity index (χ3n) is 2.56. The Kier molecular flexibility index (Phi) is 8.14. The number of guanidine groups is 1. The molecule has 0 unspecified atom stereocenters. The van der Waals surface area contributed by atoms with E-state index >= 15 is 0 Å². The van der Waals surface area contributed by atoms with Crippen molar-refractivity contribution in [3.8, 4) is 5.88 Å². The zero-order valence-corrected chi connectivity index (χ0v) is 12.5. The molecule has 1 aromatic heterocycles. The van der Waals surface area contributed by atoms with Crippen molar-refractivity contribution < 1.29 is 9.47 Å². The van der Waals surface area contributed by atoms with Crippen molar-refractivity contribution in [1.82, 2.24) is 15.6 Å². The molecule has 1 aromatic rings. The zero-order chi connectivity index (χ0) is 14.6. The molecule has 6 nitrogen and oxygen atoms in total. The van der Waals surface area contributed by atoms with E-state index in [0.717, 1.165) is 24.5 Å². The third kappa shape index (κ3) is 6.38. The minimum atomic E-state index is 0.509. The second-order valence-corrected chi connectivity index (χ2v) is 4.20. The van der Waals surface area contributed by atoms with Crippen LogP contribution >= 0.6 is 0 Å². The topological polar surface area (TPSA) is 67.8 Å². The molecule has 0 saturated heterocycles. The van der Waals surface area contributed by atoms with E-state index in [4.69, 9.17) is 9.47 Å². The van der Waals surface area contributed by atoms with Crippen LogP contribution in [0, 0.1) is 0 Å². The number of hydrogen-bond donors (Lipinski definition) is 2. The van der Waals surface area contributed by atoms with E-state index in [9.17, 15) is 0 Å². The van der Waals surface area contributed by atoms with E-state index in [-0.39, 0.29) is 0 Å². The van der Waals surface area contributed by atoms with Crippen LogP contribution in [0.2, 0.25) is 0 Å². The maximum absolute atomic E-state index is 5.41. The summed E-state index contributed by atoms with van der Waals surface area (Å²) in [4.78, 5) is 8.38. The van der Waals surface area contributed by atoms with Crippen molar-refractivity contribution >= 4 is 5.96 Å². The lowest BCUT2D eigenvalue weighted by atomic mass is 10.3. The highest BCUT2D eigenvalue weighted by molar-refractivity contribution is 5.79. The lowest BCUT2D eigenvalue weighted by Crippen LogP contribution is -2.37. The monoisotopic (exact) mass is 280 g/mol. The molecular weight excluding hydrogens is 256 g/mol. The summed E-state index contributed by atoms with van der Waals surface area (Å²) in [6.07, 6.45) is 2.86. The van der Waals surface area contributed by atoms with Crippen molar-refractivity contribution in [2.24, 2.45) is 4.99 Å². The Bertz CT molecular complexity index is 393. The average molecular weight is 280 g/mol. The maximum Gasteiger partial charge on any atom is 0.213 e. The van der Waals surface area contributed by atoms with Gasteiger partial charge in [0.1, 0.15) is 6.61 Å². The lowest BCUT2D eigenvalue weighted by molar-refractivity contribution is 0.143. The Balaban J connectivity index is 2.37. The van der Waals surface area contributed by atoms with Gasteiger partial charge in [-0.05, 0) is 12.0 Å². The minimum absolute atomic E-state index is 0.509. The standard InChI is InChI=1S/C14H24N4O2/c1-4-7-16-14(15-2)18-11-12-5-6-13(17-10-12)20-9-8-19-3/h5-6,10H,4,7-9,11H2,1-3H3,(H2,15,16,18). The van der Waals surface area contributed by atoms with Gasteiger partial charge < -0.3 is 20.1 Å². The van der Waals surface area contributed by atoms with Crippen molar-refractivity contribution in [3.63, 3.8) is 0 Å². The van der Waals surface area contributed by atoms with Gasteiger partial charge in [0.05, 0.1) is 6.61 Å². The Morgan fingerprint density at radius 3 is 2.75 bits per heavy atom. The second-order valence-electron chi connectivity index (χ2n) is 4.20. The molecule has 0 aliphatic rings. The number of aliphatic imine (C=N–C) groups is 1. The van der Waals surface area contributed by atoms with Gasteiger partial charge in [-0.25, -0.2) is 4.98 Å². The first-order valence-electron chi connectivity index (χ1n) is 6.81. The molecule has 0 atom stereocenters. The van der Waals surface area contributed by atoms with Crippen LogP contribution in [-0.2, 0) is 11.3 Å². The van der Waals surface area contributed by atoms with Crippen molar-refractivity contribution in [3.05, 3.63) is 23.9 Å². The predicted molar refractivity (Wildman–Crippen MR) is 80.1 cm³/mol. The van der Waals surface area contributed by atoms with Crippen LogP contribution in [0.4, 0.5) is 0 Å². The highest BCUT2D eigenvalue weighted by atomic mass is 16.5. The molecule has 0 spiro atoms. The van der Waals surface area contributed by atoms with Crippen LogP contribution in [0.25, 0.3) is 0 Å². The highest BCUT2D eigenvalue weighted by Crippen LogP contribution is 2.07. The summed E-state index contributed by atoms with van der Waals surface area (Å²) in [5, 5.41) is 6.45. The fraction of sp³-hybridized carbons (Fsp3) is 0.571. The van der Waals surface area contributed by atoms with E-state index in [1.54, 1.807) is 20.4 Å². The number of hydrogen-bond acceptors (Lipinski definition) is 4. The molecule has 0 aliphatic heterocycles. The lowest BCUT2D eigenvalue weighted by Gasteiger charge is -2.11. The Labute approximate surface area is 120 Å². The molecule has 0 saturated carbocycles. The van der Waals surface area contributed by atoms with Gasteiger partial charge in [-0.2, -0.15) is 0 Å². The summed E-state index contributed by atoms with van der Waals surface area (Å²) >= 11 is 0. The average Bonchev–Trinajstić information content (AvgIpc) is 2.49. The summed E-state index contributed by atoms with van der Waals surface area (Å²) in [5.41, 5.74) is 1.07. The molecule has 112 valence electrons. The van der Waals surface area contributed by atoms with Gasteiger partial charge in [-0.1, -0.05) is 13.0 Å². The quantitative estimate of drug-likeness (QED) is 0.425. The van der Waals surface area contributed by atoms with Crippen molar-refractivity contribution in [2.45, 2.75) is 19.9 Å². The molecule has 1 rings (SSSR count). The van der Waals surface area contributed by atoms with Gasteiger partial charge in [0.25, 0.3) is 0 Å². The van der Waals surface area contributed by atoms with Crippen LogP contribution < -0.4 is 15.4 Å². The molecule has 0 radical (unpaired) electrons. The van der Waals surface area contributed by atoms with E-state index in [2.05, 4.69) is 27.5 Å². The largest absolute Gasteiger partial charge is 0.475 e. The van der Waals surface area contributed by atoms with E-state index in [1.165, 1.54) is 0 Å². The minimum Gasteiger partial charge on any atom is -0.475 e. The summed E-state index contributed by atoms with van der Waals surface area (Å²) in [7, 11) is 3.40. The van der Waals surface area contributed by atoms with Crippen molar-refractivity contribution in [2.75, 3.05) is 33.9 Å². The van der Waals surface area contributed by atoms with Crippen LogP contribution in [0.1, 0.15) is 18.9 Å². The number of methoxy groups -OCH3 is 1. The number of aromatic nitrogens is 1. The Morgan fingerprint density at radius 2 is 2.15 bits per heavy atom. The summed E-state index contributed by atoms with van der Waals surface area (Å²) < 4.78 is 10.3. The zero-order valence-electron chi connectivity index (χ0n) is 12.5. The van der Waals surface area contributed by atoms with Crippen LogP contribution in [0.15, 0.2) is 23.3 Å². The smallest absolute Gasteiger partial charge is 0.213 e. The second kappa shape index (κ2) is 10.0. The van der Waals surface area contributed by atoms with Gasteiger partial charge in [-0.3, -0.25) is 4.99 Å². The van der Waals surface area contributed by atoms with Crippen molar-refractivity contribution in [1.29, 1.82) is 0 Å². The highest BCUT2D eigenvalue weighted by Gasteiger charge is 1.99. The molecule has 0 fully saturated rings. The first-order valence-corrected chi connectivity index (χ1v) is 6.81. The molecule has 6 heteroatoms. The number of pyridine rings is 1. The van der Waals surface area contributed by atoms with Gasteiger partial charge in [-0.15, -0.1) is 0 Å².